The van der Waals surface area contributed by atoms with Gasteiger partial charge in [0.25, 0.3) is 0 Å². The van der Waals surface area contributed by atoms with Gasteiger partial charge in [-0.05, 0) is 24.8 Å². The number of alkyl halides is 3. The van der Waals surface area contributed by atoms with Crippen molar-refractivity contribution < 1.29 is 17.9 Å². The van der Waals surface area contributed by atoms with Gasteiger partial charge in [-0.2, -0.15) is 13.2 Å². The molecular formula is C11H20F3NO. The molecule has 16 heavy (non-hydrogen) atoms. The maximum atomic E-state index is 12.2. The van der Waals surface area contributed by atoms with Crippen LogP contribution in [0.3, 0.4) is 0 Å². The van der Waals surface area contributed by atoms with Crippen LogP contribution in [0.2, 0.25) is 0 Å². The van der Waals surface area contributed by atoms with Gasteiger partial charge in [0.15, 0.2) is 0 Å². The highest BCUT2D eigenvalue weighted by Gasteiger charge is 2.36. The van der Waals surface area contributed by atoms with Crippen molar-refractivity contribution in [3.05, 3.63) is 0 Å². The Morgan fingerprint density at radius 1 is 1.38 bits per heavy atom. The molecule has 0 saturated carbocycles. The predicted molar refractivity (Wildman–Crippen MR) is 56.2 cm³/mol. The average molecular weight is 239 g/mol. The van der Waals surface area contributed by atoms with E-state index in [-0.39, 0.29) is 6.10 Å². The lowest BCUT2D eigenvalue weighted by molar-refractivity contribution is -0.156. The van der Waals surface area contributed by atoms with Crippen LogP contribution in [-0.4, -0.2) is 43.9 Å². The van der Waals surface area contributed by atoms with Crippen molar-refractivity contribution in [3.63, 3.8) is 0 Å². The first-order valence-corrected chi connectivity index (χ1v) is 5.65. The number of halogens is 3. The van der Waals surface area contributed by atoms with E-state index in [9.17, 15) is 13.2 Å². The van der Waals surface area contributed by atoms with E-state index in [1.807, 2.05) is 0 Å². The Balaban J connectivity index is 2.52. The van der Waals surface area contributed by atoms with Gasteiger partial charge in [-0.25, -0.2) is 0 Å². The summed E-state index contributed by atoms with van der Waals surface area (Å²) in [7, 11) is 1.58. The number of hydrogen-bond acceptors (Lipinski definition) is 2. The second-order valence-electron chi connectivity index (χ2n) is 4.82. The summed E-state index contributed by atoms with van der Waals surface area (Å²) in [6, 6.07) is 0. The monoisotopic (exact) mass is 239 g/mol. The van der Waals surface area contributed by atoms with Crippen LogP contribution in [-0.2, 0) is 4.74 Å². The van der Waals surface area contributed by atoms with E-state index in [1.54, 1.807) is 7.11 Å². The average Bonchev–Trinajstić information content (AvgIpc) is 2.14. The molecule has 96 valence electrons. The fourth-order valence-electron chi connectivity index (χ4n) is 2.41. The molecule has 0 aliphatic carbocycles. The zero-order chi connectivity index (χ0) is 12.3. The van der Waals surface area contributed by atoms with Crippen LogP contribution >= 0.6 is 0 Å². The van der Waals surface area contributed by atoms with Gasteiger partial charge in [-0.3, -0.25) is 4.90 Å². The minimum atomic E-state index is -4.11. The van der Waals surface area contributed by atoms with Gasteiger partial charge in [-0.15, -0.1) is 0 Å². The van der Waals surface area contributed by atoms with E-state index in [2.05, 4.69) is 13.8 Å². The van der Waals surface area contributed by atoms with Gasteiger partial charge in [-0.1, -0.05) is 13.8 Å². The van der Waals surface area contributed by atoms with E-state index < -0.39 is 12.7 Å². The van der Waals surface area contributed by atoms with Crippen molar-refractivity contribution >= 4 is 0 Å². The Labute approximate surface area is 94.8 Å². The molecule has 2 unspecified atom stereocenters. The van der Waals surface area contributed by atoms with Gasteiger partial charge in [0, 0.05) is 13.7 Å². The zero-order valence-corrected chi connectivity index (χ0v) is 10.0. The highest BCUT2D eigenvalue weighted by molar-refractivity contribution is 4.83. The SMILES string of the molecule is COC1CN(CC(F)(F)F)CCC1C(C)C. The second kappa shape index (κ2) is 5.36. The van der Waals surface area contributed by atoms with E-state index in [4.69, 9.17) is 4.74 Å². The summed E-state index contributed by atoms with van der Waals surface area (Å²) in [5.74, 6) is 0.826. The van der Waals surface area contributed by atoms with Crippen molar-refractivity contribution in [1.82, 2.24) is 4.90 Å². The molecule has 0 radical (unpaired) electrons. The topological polar surface area (TPSA) is 12.5 Å². The minimum absolute atomic E-state index is 0.0731. The molecule has 0 aromatic carbocycles. The summed E-state index contributed by atoms with van der Waals surface area (Å²) in [6.45, 7) is 4.27. The number of ether oxygens (including phenoxy) is 1. The third-order valence-electron chi connectivity index (χ3n) is 3.26. The van der Waals surface area contributed by atoms with E-state index in [1.165, 1.54) is 4.90 Å². The Morgan fingerprint density at radius 3 is 2.44 bits per heavy atom. The molecule has 0 bridgehead atoms. The van der Waals surface area contributed by atoms with Gasteiger partial charge in [0.1, 0.15) is 0 Å². The van der Waals surface area contributed by atoms with Crippen molar-refractivity contribution in [1.29, 1.82) is 0 Å². The second-order valence-corrected chi connectivity index (χ2v) is 4.82. The highest BCUT2D eigenvalue weighted by Crippen LogP contribution is 2.28. The summed E-state index contributed by atoms with van der Waals surface area (Å²) in [5.41, 5.74) is 0. The number of methoxy groups -OCH3 is 1. The largest absolute Gasteiger partial charge is 0.401 e. The lowest BCUT2D eigenvalue weighted by Crippen LogP contribution is -2.49. The standard InChI is InChI=1S/C11H20F3NO/c1-8(2)9-4-5-15(6-10(9)16-3)7-11(12,13)14/h8-10H,4-7H2,1-3H3. The van der Waals surface area contributed by atoms with E-state index >= 15 is 0 Å². The fraction of sp³-hybridized carbons (Fsp3) is 1.00. The van der Waals surface area contributed by atoms with Crippen LogP contribution < -0.4 is 0 Å². The van der Waals surface area contributed by atoms with Crippen LogP contribution in [0.4, 0.5) is 13.2 Å². The van der Waals surface area contributed by atoms with Gasteiger partial charge in [0.05, 0.1) is 12.6 Å². The number of piperidine rings is 1. The molecule has 1 fully saturated rings. The molecule has 0 aromatic rings. The molecule has 0 aromatic heterocycles. The predicted octanol–water partition coefficient (Wildman–Crippen LogP) is 2.54. The summed E-state index contributed by atoms with van der Waals surface area (Å²) in [5, 5.41) is 0. The summed E-state index contributed by atoms with van der Waals surface area (Å²) in [4.78, 5) is 1.44. The molecule has 2 nitrogen and oxygen atoms in total. The summed E-state index contributed by atoms with van der Waals surface area (Å²) >= 11 is 0. The van der Waals surface area contributed by atoms with E-state index in [0.717, 1.165) is 6.42 Å². The van der Waals surface area contributed by atoms with Crippen LogP contribution in [0.25, 0.3) is 0 Å². The van der Waals surface area contributed by atoms with Gasteiger partial charge >= 0.3 is 6.18 Å². The van der Waals surface area contributed by atoms with Crippen molar-refractivity contribution in [2.24, 2.45) is 11.8 Å². The molecule has 5 heteroatoms. The molecule has 1 saturated heterocycles. The Morgan fingerprint density at radius 2 is 2.00 bits per heavy atom. The first-order valence-electron chi connectivity index (χ1n) is 5.65. The molecule has 1 aliphatic heterocycles. The molecule has 1 heterocycles. The molecular weight excluding hydrogens is 219 g/mol. The molecule has 2 atom stereocenters. The van der Waals surface area contributed by atoms with Crippen molar-refractivity contribution in [2.45, 2.75) is 32.5 Å². The molecule has 0 spiro atoms. The summed E-state index contributed by atoms with van der Waals surface area (Å²) in [6.07, 6.45) is -3.40. The molecule has 0 N–H and O–H groups in total. The first-order chi connectivity index (χ1) is 7.33. The molecule has 0 amide bonds. The molecule has 1 rings (SSSR count). The Kier molecular flexibility index (Phi) is 4.62. The summed E-state index contributed by atoms with van der Waals surface area (Å²) < 4.78 is 42.0. The number of likely N-dealkylation sites (tertiary alicyclic amines) is 1. The van der Waals surface area contributed by atoms with Crippen LogP contribution in [0, 0.1) is 11.8 Å². The number of rotatable bonds is 3. The lowest BCUT2D eigenvalue weighted by atomic mass is 9.84. The quantitative estimate of drug-likeness (QED) is 0.750. The molecule has 1 aliphatic rings. The highest BCUT2D eigenvalue weighted by atomic mass is 19.4. The van der Waals surface area contributed by atoms with Crippen molar-refractivity contribution in [2.75, 3.05) is 26.7 Å². The third kappa shape index (κ3) is 3.94. The fourth-order valence-corrected chi connectivity index (χ4v) is 2.41. The van der Waals surface area contributed by atoms with Crippen LogP contribution in [0.5, 0.6) is 0 Å². The maximum Gasteiger partial charge on any atom is 0.401 e. The minimum Gasteiger partial charge on any atom is -0.380 e. The van der Waals surface area contributed by atoms with Crippen LogP contribution in [0.15, 0.2) is 0 Å². The normalized spacial score (nSPS) is 28.7. The number of nitrogens with zero attached hydrogens (tertiary/aromatic N) is 1. The Hall–Kier alpha value is -0.290. The Bertz CT molecular complexity index is 218. The van der Waals surface area contributed by atoms with E-state index in [0.29, 0.717) is 24.9 Å². The van der Waals surface area contributed by atoms with Gasteiger partial charge < -0.3 is 4.74 Å². The van der Waals surface area contributed by atoms with Crippen LogP contribution in [0.1, 0.15) is 20.3 Å². The maximum absolute atomic E-state index is 12.2. The number of hydrogen-bond donors (Lipinski definition) is 0. The third-order valence-corrected chi connectivity index (χ3v) is 3.26. The smallest absolute Gasteiger partial charge is 0.380 e. The zero-order valence-electron chi connectivity index (χ0n) is 10.0. The lowest BCUT2D eigenvalue weighted by Gasteiger charge is -2.39. The van der Waals surface area contributed by atoms with Gasteiger partial charge in [0.2, 0.25) is 0 Å². The van der Waals surface area contributed by atoms with Crippen molar-refractivity contribution in [3.8, 4) is 0 Å². The first kappa shape index (κ1) is 13.8.